The molecule has 1 aromatic rings. The zero-order valence-corrected chi connectivity index (χ0v) is 11.8. The quantitative estimate of drug-likeness (QED) is 0.759. The summed E-state index contributed by atoms with van der Waals surface area (Å²) in [6.45, 7) is 4.77. The van der Waals surface area contributed by atoms with Crippen LogP contribution in [0.15, 0.2) is 24.3 Å². The molecule has 0 aliphatic carbocycles. The van der Waals surface area contributed by atoms with E-state index in [2.05, 4.69) is 19.2 Å². The largest absolute Gasteiger partial charge is 0.496 e. The van der Waals surface area contributed by atoms with Gasteiger partial charge in [0.2, 0.25) is 0 Å². The number of para-hydroxylation sites is 1. The van der Waals surface area contributed by atoms with E-state index in [1.54, 1.807) is 7.11 Å². The number of aliphatic carboxylic acids is 1. The van der Waals surface area contributed by atoms with Crippen molar-refractivity contribution >= 4 is 5.97 Å². The molecule has 106 valence electrons. The van der Waals surface area contributed by atoms with Crippen LogP contribution < -0.4 is 10.1 Å². The number of ether oxygens (including phenoxy) is 1. The van der Waals surface area contributed by atoms with Crippen molar-refractivity contribution in [1.29, 1.82) is 0 Å². The lowest BCUT2D eigenvalue weighted by Gasteiger charge is -2.22. The molecule has 2 N–H and O–H groups in total. The number of rotatable bonds is 8. The van der Waals surface area contributed by atoms with Gasteiger partial charge in [0.05, 0.1) is 13.5 Å². The molecule has 0 bridgehead atoms. The van der Waals surface area contributed by atoms with Crippen molar-refractivity contribution in [3.05, 3.63) is 29.8 Å². The van der Waals surface area contributed by atoms with E-state index in [-0.39, 0.29) is 12.5 Å². The summed E-state index contributed by atoms with van der Waals surface area (Å²) in [5.74, 6) is 0.582. The Kier molecular flexibility index (Phi) is 6.36. The molecule has 0 fully saturated rings. The molecule has 1 aromatic carbocycles. The van der Waals surface area contributed by atoms with E-state index in [1.807, 2.05) is 24.3 Å². The Hall–Kier alpha value is -1.55. The highest BCUT2D eigenvalue weighted by Crippen LogP contribution is 2.29. The number of hydrogen-bond donors (Lipinski definition) is 2. The number of carboxylic acids is 1. The van der Waals surface area contributed by atoms with E-state index in [0.29, 0.717) is 12.5 Å². The van der Waals surface area contributed by atoms with Crippen LogP contribution in [-0.4, -0.2) is 24.7 Å². The molecule has 0 aliphatic heterocycles. The minimum atomic E-state index is -0.782. The first-order chi connectivity index (χ1) is 9.04. The number of methoxy groups -OCH3 is 1. The highest BCUT2D eigenvalue weighted by Gasteiger charge is 2.16. The predicted octanol–water partition coefficient (Wildman–Crippen LogP) is 2.85. The number of benzene rings is 1. The smallest absolute Gasteiger partial charge is 0.304 e. The van der Waals surface area contributed by atoms with E-state index < -0.39 is 5.97 Å². The van der Waals surface area contributed by atoms with Gasteiger partial charge in [-0.05, 0) is 18.4 Å². The van der Waals surface area contributed by atoms with Crippen LogP contribution >= 0.6 is 0 Å². The Morgan fingerprint density at radius 2 is 2.05 bits per heavy atom. The van der Waals surface area contributed by atoms with Crippen LogP contribution in [0.5, 0.6) is 5.75 Å². The number of hydrogen-bond acceptors (Lipinski definition) is 3. The Balaban J connectivity index is 2.79. The minimum absolute atomic E-state index is 0.121. The SMILES string of the molecule is COc1ccccc1C(CC(C)C)NCCC(=O)O. The van der Waals surface area contributed by atoms with Crippen molar-refractivity contribution < 1.29 is 14.6 Å². The molecular formula is C15H23NO3. The molecule has 4 heteroatoms. The van der Waals surface area contributed by atoms with Crippen molar-refractivity contribution in [3.63, 3.8) is 0 Å². The Bertz CT molecular complexity index is 404. The fraction of sp³-hybridized carbons (Fsp3) is 0.533. The standard InChI is InChI=1S/C15H23NO3/c1-11(2)10-13(16-9-8-15(17)18)12-6-4-5-7-14(12)19-3/h4-7,11,13,16H,8-10H2,1-3H3,(H,17,18). The van der Waals surface area contributed by atoms with Crippen molar-refractivity contribution in [2.45, 2.75) is 32.7 Å². The van der Waals surface area contributed by atoms with Gasteiger partial charge in [-0.3, -0.25) is 4.79 Å². The maximum Gasteiger partial charge on any atom is 0.304 e. The van der Waals surface area contributed by atoms with Gasteiger partial charge in [0, 0.05) is 18.2 Å². The lowest BCUT2D eigenvalue weighted by molar-refractivity contribution is -0.136. The Morgan fingerprint density at radius 1 is 1.37 bits per heavy atom. The molecule has 1 rings (SSSR count). The van der Waals surface area contributed by atoms with Crippen molar-refractivity contribution in [3.8, 4) is 5.75 Å². The second-order valence-corrected chi connectivity index (χ2v) is 5.02. The fourth-order valence-electron chi connectivity index (χ4n) is 2.10. The molecule has 0 amide bonds. The van der Waals surface area contributed by atoms with Crippen LogP contribution in [0, 0.1) is 5.92 Å². The average molecular weight is 265 g/mol. The lowest BCUT2D eigenvalue weighted by Crippen LogP contribution is -2.25. The fourth-order valence-corrected chi connectivity index (χ4v) is 2.10. The second kappa shape index (κ2) is 7.79. The third-order valence-corrected chi connectivity index (χ3v) is 2.95. The van der Waals surface area contributed by atoms with Gasteiger partial charge in [-0.25, -0.2) is 0 Å². The van der Waals surface area contributed by atoms with Crippen molar-refractivity contribution in [2.75, 3.05) is 13.7 Å². The van der Waals surface area contributed by atoms with Gasteiger partial charge in [0.15, 0.2) is 0 Å². The zero-order valence-electron chi connectivity index (χ0n) is 11.8. The summed E-state index contributed by atoms with van der Waals surface area (Å²) in [5, 5.41) is 12.0. The lowest BCUT2D eigenvalue weighted by atomic mass is 9.96. The van der Waals surface area contributed by atoms with E-state index >= 15 is 0 Å². The van der Waals surface area contributed by atoms with Gasteiger partial charge in [0.25, 0.3) is 0 Å². The monoisotopic (exact) mass is 265 g/mol. The summed E-state index contributed by atoms with van der Waals surface area (Å²) in [7, 11) is 1.66. The van der Waals surface area contributed by atoms with Gasteiger partial charge in [-0.1, -0.05) is 32.0 Å². The first kappa shape index (κ1) is 15.5. The van der Waals surface area contributed by atoms with Crippen LogP contribution in [0.4, 0.5) is 0 Å². The van der Waals surface area contributed by atoms with Crippen LogP contribution in [-0.2, 0) is 4.79 Å². The highest BCUT2D eigenvalue weighted by molar-refractivity contribution is 5.66. The summed E-state index contributed by atoms with van der Waals surface area (Å²) in [5.41, 5.74) is 1.09. The molecule has 0 saturated carbocycles. The maximum atomic E-state index is 10.6. The summed E-state index contributed by atoms with van der Waals surface area (Å²) in [4.78, 5) is 10.6. The third kappa shape index (κ3) is 5.30. The topological polar surface area (TPSA) is 58.6 Å². The van der Waals surface area contributed by atoms with Gasteiger partial charge in [-0.2, -0.15) is 0 Å². The van der Waals surface area contributed by atoms with Crippen LogP contribution in [0.25, 0.3) is 0 Å². The van der Waals surface area contributed by atoms with Crippen molar-refractivity contribution in [1.82, 2.24) is 5.32 Å². The first-order valence-corrected chi connectivity index (χ1v) is 6.62. The maximum absolute atomic E-state index is 10.6. The molecule has 19 heavy (non-hydrogen) atoms. The number of carbonyl (C=O) groups is 1. The molecule has 0 radical (unpaired) electrons. The molecule has 0 aromatic heterocycles. The normalized spacial score (nSPS) is 12.4. The van der Waals surface area contributed by atoms with Crippen LogP contribution in [0.1, 0.15) is 38.3 Å². The summed E-state index contributed by atoms with van der Waals surface area (Å²) < 4.78 is 5.38. The van der Waals surface area contributed by atoms with Crippen molar-refractivity contribution in [2.24, 2.45) is 5.92 Å². The molecular weight excluding hydrogens is 242 g/mol. The number of carboxylic acid groups (broad SMARTS) is 1. The summed E-state index contributed by atoms with van der Waals surface area (Å²) in [6.07, 6.45) is 1.07. The van der Waals surface area contributed by atoms with E-state index in [4.69, 9.17) is 9.84 Å². The highest BCUT2D eigenvalue weighted by atomic mass is 16.5. The minimum Gasteiger partial charge on any atom is -0.496 e. The third-order valence-electron chi connectivity index (χ3n) is 2.95. The molecule has 0 heterocycles. The van der Waals surface area contributed by atoms with E-state index in [9.17, 15) is 4.79 Å². The second-order valence-electron chi connectivity index (χ2n) is 5.02. The molecule has 0 spiro atoms. The molecule has 4 nitrogen and oxygen atoms in total. The first-order valence-electron chi connectivity index (χ1n) is 6.62. The molecule has 0 saturated heterocycles. The van der Waals surface area contributed by atoms with Gasteiger partial charge >= 0.3 is 5.97 Å². The van der Waals surface area contributed by atoms with Crippen LogP contribution in [0.2, 0.25) is 0 Å². The van der Waals surface area contributed by atoms with Gasteiger partial charge < -0.3 is 15.2 Å². The number of nitrogens with one attached hydrogen (secondary N) is 1. The molecule has 1 atom stereocenters. The van der Waals surface area contributed by atoms with E-state index in [0.717, 1.165) is 17.7 Å². The Labute approximate surface area is 114 Å². The predicted molar refractivity (Wildman–Crippen MR) is 75.4 cm³/mol. The zero-order chi connectivity index (χ0) is 14.3. The average Bonchev–Trinajstić information content (AvgIpc) is 2.36. The Morgan fingerprint density at radius 3 is 2.63 bits per heavy atom. The van der Waals surface area contributed by atoms with Gasteiger partial charge in [-0.15, -0.1) is 0 Å². The summed E-state index contributed by atoms with van der Waals surface area (Å²) >= 11 is 0. The van der Waals surface area contributed by atoms with Gasteiger partial charge in [0.1, 0.15) is 5.75 Å². The summed E-state index contributed by atoms with van der Waals surface area (Å²) in [6, 6.07) is 7.99. The molecule has 1 unspecified atom stereocenters. The molecule has 0 aliphatic rings. The van der Waals surface area contributed by atoms with Crippen LogP contribution in [0.3, 0.4) is 0 Å². The van der Waals surface area contributed by atoms with E-state index in [1.165, 1.54) is 0 Å².